The highest BCUT2D eigenvalue weighted by Gasteiger charge is 2.54. The average Bonchev–Trinajstić information content (AvgIpc) is 2.77. The van der Waals surface area contributed by atoms with Crippen LogP contribution in [0.5, 0.6) is 0 Å². The van der Waals surface area contributed by atoms with Crippen LogP contribution in [0, 0.1) is 17.8 Å². The van der Waals surface area contributed by atoms with E-state index in [-0.39, 0.29) is 17.6 Å². The summed E-state index contributed by atoms with van der Waals surface area (Å²) < 4.78 is 5.25. The van der Waals surface area contributed by atoms with Crippen LogP contribution in [0.4, 0.5) is 0 Å². The number of alkyl halides is 1. The van der Waals surface area contributed by atoms with Gasteiger partial charge in [-0.05, 0) is 18.3 Å². The van der Waals surface area contributed by atoms with E-state index in [1.165, 1.54) is 0 Å². The van der Waals surface area contributed by atoms with E-state index in [9.17, 15) is 4.79 Å². The summed E-state index contributed by atoms with van der Waals surface area (Å²) in [5, 5.41) is 0. The highest BCUT2D eigenvalue weighted by molar-refractivity contribution is 6.28. The molecule has 2 fully saturated rings. The quantitative estimate of drug-likeness (QED) is 0.586. The number of hydrogen-bond acceptors (Lipinski definition) is 2. The molecule has 3 atom stereocenters. The fourth-order valence-corrected chi connectivity index (χ4v) is 2.25. The van der Waals surface area contributed by atoms with Gasteiger partial charge in [0.2, 0.25) is 0 Å². The second-order valence-electron chi connectivity index (χ2n) is 3.32. The van der Waals surface area contributed by atoms with Gasteiger partial charge in [-0.15, -0.1) is 11.6 Å². The maximum absolute atomic E-state index is 11.2. The normalized spacial score (nSPS) is 41.4. The van der Waals surface area contributed by atoms with Crippen molar-refractivity contribution in [2.75, 3.05) is 19.1 Å². The van der Waals surface area contributed by atoms with Gasteiger partial charge in [-0.1, -0.05) is 0 Å². The Morgan fingerprint density at radius 3 is 2.91 bits per heavy atom. The van der Waals surface area contributed by atoms with Gasteiger partial charge in [-0.25, -0.2) is 0 Å². The molecule has 0 aromatic heterocycles. The molecule has 62 valence electrons. The van der Waals surface area contributed by atoms with Gasteiger partial charge in [-0.2, -0.15) is 0 Å². The van der Waals surface area contributed by atoms with Gasteiger partial charge in [0.25, 0.3) is 0 Å². The molecule has 3 unspecified atom stereocenters. The first kappa shape index (κ1) is 7.56. The van der Waals surface area contributed by atoms with E-state index in [2.05, 4.69) is 0 Å². The highest BCUT2D eigenvalue weighted by atomic mass is 35.5. The summed E-state index contributed by atoms with van der Waals surface area (Å²) in [5.74, 6) is 1.75. The van der Waals surface area contributed by atoms with Crippen LogP contribution in [-0.2, 0) is 9.53 Å². The Balaban J connectivity index is 1.94. The Morgan fingerprint density at radius 1 is 1.55 bits per heavy atom. The van der Waals surface area contributed by atoms with Crippen LogP contribution in [0.1, 0.15) is 6.42 Å². The van der Waals surface area contributed by atoms with Crippen LogP contribution >= 0.6 is 11.6 Å². The van der Waals surface area contributed by atoms with Crippen molar-refractivity contribution in [1.82, 2.24) is 0 Å². The summed E-state index contributed by atoms with van der Waals surface area (Å²) in [7, 11) is 0. The van der Waals surface area contributed by atoms with E-state index in [0.717, 1.165) is 19.6 Å². The molecule has 1 saturated carbocycles. The number of halogens is 1. The SMILES string of the molecule is O=C(CCl)C1C2CCOCC21. The number of ketones is 1. The van der Waals surface area contributed by atoms with Gasteiger partial charge >= 0.3 is 0 Å². The maximum atomic E-state index is 11.2. The predicted molar refractivity (Wildman–Crippen MR) is 41.6 cm³/mol. The largest absolute Gasteiger partial charge is 0.381 e. The molecule has 1 heterocycles. The van der Waals surface area contributed by atoms with E-state index >= 15 is 0 Å². The molecular weight excluding hydrogens is 164 g/mol. The standard InChI is InChI=1S/C8H11ClO2/c9-3-7(10)8-5-1-2-11-4-6(5)8/h5-6,8H,1-4H2. The predicted octanol–water partition coefficient (Wildman–Crippen LogP) is 1.08. The Kier molecular flexibility index (Phi) is 1.90. The smallest absolute Gasteiger partial charge is 0.151 e. The molecule has 0 aromatic rings. The molecule has 2 aliphatic rings. The zero-order valence-electron chi connectivity index (χ0n) is 6.25. The summed E-state index contributed by atoms with van der Waals surface area (Å²) in [6, 6.07) is 0. The van der Waals surface area contributed by atoms with E-state index < -0.39 is 0 Å². The van der Waals surface area contributed by atoms with E-state index in [1.54, 1.807) is 0 Å². The number of rotatable bonds is 2. The van der Waals surface area contributed by atoms with Gasteiger partial charge in [0.15, 0.2) is 5.78 Å². The number of hydrogen-bond donors (Lipinski definition) is 0. The average molecular weight is 175 g/mol. The first-order chi connectivity index (χ1) is 5.34. The lowest BCUT2D eigenvalue weighted by Gasteiger charge is -2.07. The maximum Gasteiger partial charge on any atom is 0.151 e. The molecule has 0 radical (unpaired) electrons. The molecule has 0 N–H and O–H groups in total. The summed E-state index contributed by atoms with van der Waals surface area (Å²) in [6.45, 7) is 1.60. The summed E-state index contributed by atoms with van der Waals surface area (Å²) in [4.78, 5) is 11.2. The molecule has 11 heavy (non-hydrogen) atoms. The molecule has 0 aromatic carbocycles. The van der Waals surface area contributed by atoms with Gasteiger partial charge in [0.1, 0.15) is 0 Å². The molecule has 1 aliphatic carbocycles. The lowest BCUT2D eigenvalue weighted by molar-refractivity contribution is -0.118. The zero-order valence-corrected chi connectivity index (χ0v) is 7.01. The Bertz CT molecular complexity index is 169. The van der Waals surface area contributed by atoms with Gasteiger partial charge in [0, 0.05) is 12.5 Å². The molecular formula is C8H11ClO2. The minimum absolute atomic E-state index is 0.178. The summed E-state index contributed by atoms with van der Waals surface area (Å²) in [5.41, 5.74) is 0. The molecule has 3 heteroatoms. The first-order valence-electron chi connectivity index (χ1n) is 4.01. The van der Waals surface area contributed by atoms with Gasteiger partial charge < -0.3 is 4.74 Å². The third-order valence-corrected chi connectivity index (χ3v) is 3.00. The van der Waals surface area contributed by atoms with E-state index in [0.29, 0.717) is 11.8 Å². The zero-order chi connectivity index (χ0) is 7.84. The van der Waals surface area contributed by atoms with Crippen LogP contribution in [-0.4, -0.2) is 24.9 Å². The number of fused-ring (bicyclic) bond motifs is 1. The minimum Gasteiger partial charge on any atom is -0.381 e. The molecule has 1 saturated heterocycles. The number of ether oxygens (including phenoxy) is 1. The van der Waals surface area contributed by atoms with Crippen LogP contribution in [0.25, 0.3) is 0 Å². The lowest BCUT2D eigenvalue weighted by Crippen LogP contribution is -2.07. The first-order valence-corrected chi connectivity index (χ1v) is 4.54. The minimum atomic E-state index is 0.178. The fourth-order valence-electron chi connectivity index (χ4n) is 2.07. The summed E-state index contributed by atoms with van der Waals surface area (Å²) in [6.07, 6.45) is 1.05. The van der Waals surface area contributed by atoms with Crippen molar-refractivity contribution in [3.63, 3.8) is 0 Å². The number of carbonyl (C=O) groups is 1. The second-order valence-corrected chi connectivity index (χ2v) is 3.58. The molecule has 0 amide bonds. The van der Waals surface area contributed by atoms with Crippen molar-refractivity contribution >= 4 is 17.4 Å². The molecule has 2 nitrogen and oxygen atoms in total. The third-order valence-electron chi connectivity index (χ3n) is 2.74. The van der Waals surface area contributed by atoms with Crippen LogP contribution < -0.4 is 0 Å². The van der Waals surface area contributed by atoms with Crippen molar-refractivity contribution in [3.8, 4) is 0 Å². The van der Waals surface area contributed by atoms with Crippen LogP contribution in [0.3, 0.4) is 0 Å². The van der Waals surface area contributed by atoms with Crippen molar-refractivity contribution in [1.29, 1.82) is 0 Å². The van der Waals surface area contributed by atoms with E-state index in [4.69, 9.17) is 16.3 Å². The van der Waals surface area contributed by atoms with Gasteiger partial charge in [-0.3, -0.25) is 4.79 Å². The van der Waals surface area contributed by atoms with Gasteiger partial charge in [0.05, 0.1) is 12.5 Å². The summed E-state index contributed by atoms with van der Waals surface area (Å²) >= 11 is 5.46. The number of Topliss-reactive ketones (excluding diaryl/α,β-unsaturated/α-hetero) is 1. The molecule has 2 rings (SSSR count). The van der Waals surface area contributed by atoms with Crippen LogP contribution in [0.2, 0.25) is 0 Å². The fraction of sp³-hybridized carbons (Fsp3) is 0.875. The molecule has 1 aliphatic heterocycles. The Hall–Kier alpha value is -0.0800. The van der Waals surface area contributed by atoms with Crippen molar-refractivity contribution < 1.29 is 9.53 Å². The number of carbonyl (C=O) groups excluding carboxylic acids is 1. The molecule has 0 spiro atoms. The van der Waals surface area contributed by atoms with Crippen molar-refractivity contribution in [2.24, 2.45) is 17.8 Å². The Morgan fingerprint density at radius 2 is 2.36 bits per heavy atom. The lowest BCUT2D eigenvalue weighted by atomic mass is 10.2. The second kappa shape index (κ2) is 2.76. The van der Waals surface area contributed by atoms with Crippen molar-refractivity contribution in [2.45, 2.75) is 6.42 Å². The monoisotopic (exact) mass is 174 g/mol. The highest BCUT2D eigenvalue weighted by Crippen LogP contribution is 2.51. The topological polar surface area (TPSA) is 26.3 Å². The Labute approximate surface area is 70.9 Å². The van der Waals surface area contributed by atoms with Crippen LogP contribution in [0.15, 0.2) is 0 Å². The van der Waals surface area contributed by atoms with E-state index in [1.807, 2.05) is 0 Å². The third kappa shape index (κ3) is 1.18. The van der Waals surface area contributed by atoms with Crippen molar-refractivity contribution in [3.05, 3.63) is 0 Å². The molecule has 0 bridgehead atoms.